The van der Waals surface area contributed by atoms with Crippen molar-refractivity contribution in [1.29, 1.82) is 0 Å². The first-order valence-electron chi connectivity index (χ1n) is 8.41. The minimum absolute atomic E-state index is 0. The van der Waals surface area contributed by atoms with Crippen LogP contribution in [0.15, 0.2) is 30.3 Å². The van der Waals surface area contributed by atoms with Crippen LogP contribution in [0.2, 0.25) is 0 Å². The van der Waals surface area contributed by atoms with E-state index in [-0.39, 0.29) is 18.3 Å². The van der Waals surface area contributed by atoms with Gasteiger partial charge in [-0.05, 0) is 56.3 Å². The average Bonchev–Trinajstić information content (AvgIpc) is 2.56. The Labute approximate surface area is 145 Å². The molecule has 0 saturated carbocycles. The number of para-hydroxylation sites is 1. The largest absolute Gasteiger partial charge is 0.494 e. The first-order chi connectivity index (χ1) is 10.8. The first-order valence-corrected chi connectivity index (χ1v) is 8.41. The summed E-state index contributed by atoms with van der Waals surface area (Å²) >= 11 is 0. The van der Waals surface area contributed by atoms with Gasteiger partial charge in [0, 0.05) is 13.0 Å². The average molecular weight is 341 g/mol. The van der Waals surface area contributed by atoms with E-state index in [1.165, 1.54) is 12.8 Å². The Morgan fingerprint density at radius 1 is 1.30 bits per heavy atom. The van der Waals surface area contributed by atoms with Crippen molar-refractivity contribution >= 4 is 18.3 Å². The maximum absolute atomic E-state index is 12.0. The topological polar surface area (TPSA) is 50.4 Å². The van der Waals surface area contributed by atoms with Crippen molar-refractivity contribution in [1.82, 2.24) is 10.6 Å². The van der Waals surface area contributed by atoms with Gasteiger partial charge in [-0.2, -0.15) is 0 Å². The molecule has 5 heteroatoms. The lowest BCUT2D eigenvalue weighted by Gasteiger charge is -2.27. The molecule has 0 aromatic heterocycles. The van der Waals surface area contributed by atoms with Gasteiger partial charge in [0.2, 0.25) is 5.91 Å². The highest BCUT2D eigenvalue weighted by Crippen LogP contribution is 2.24. The van der Waals surface area contributed by atoms with Crippen molar-refractivity contribution in [2.45, 2.75) is 32.6 Å². The van der Waals surface area contributed by atoms with E-state index in [0.717, 1.165) is 25.3 Å². The number of rotatable bonds is 8. The molecule has 130 valence electrons. The summed E-state index contributed by atoms with van der Waals surface area (Å²) in [5.41, 5.74) is 0. The van der Waals surface area contributed by atoms with Crippen LogP contribution >= 0.6 is 12.4 Å². The fourth-order valence-electron chi connectivity index (χ4n) is 2.95. The van der Waals surface area contributed by atoms with E-state index in [4.69, 9.17) is 4.74 Å². The van der Waals surface area contributed by atoms with Crippen LogP contribution in [0.25, 0.3) is 0 Å². The lowest BCUT2D eigenvalue weighted by Crippen LogP contribution is -2.33. The maximum atomic E-state index is 12.0. The highest BCUT2D eigenvalue weighted by Gasteiger charge is 2.21. The Balaban J connectivity index is 0.00000264. The van der Waals surface area contributed by atoms with E-state index in [1.807, 2.05) is 30.3 Å². The van der Waals surface area contributed by atoms with Gasteiger partial charge in [0.15, 0.2) is 0 Å². The summed E-state index contributed by atoms with van der Waals surface area (Å²) in [4.78, 5) is 12.0. The van der Waals surface area contributed by atoms with E-state index in [1.54, 1.807) is 0 Å². The number of piperidine rings is 1. The SMILES string of the molecule is CC(CC(=O)NCCCOc1ccccc1)C1CCNCC1.Cl. The zero-order valence-corrected chi connectivity index (χ0v) is 14.7. The smallest absolute Gasteiger partial charge is 0.220 e. The van der Waals surface area contributed by atoms with Gasteiger partial charge in [-0.3, -0.25) is 4.79 Å². The molecule has 1 saturated heterocycles. The predicted octanol–water partition coefficient (Wildman–Crippen LogP) is 3.02. The second kappa shape index (κ2) is 11.3. The van der Waals surface area contributed by atoms with Crippen LogP contribution in [-0.4, -0.2) is 32.1 Å². The molecule has 1 atom stereocenters. The van der Waals surface area contributed by atoms with Crippen LogP contribution < -0.4 is 15.4 Å². The second-order valence-corrected chi connectivity index (χ2v) is 6.13. The molecule has 1 aliphatic heterocycles. The van der Waals surface area contributed by atoms with Crippen LogP contribution in [0.4, 0.5) is 0 Å². The molecule has 2 N–H and O–H groups in total. The maximum Gasteiger partial charge on any atom is 0.220 e. The standard InChI is InChI=1S/C18H28N2O2.ClH/c1-15(16-8-11-19-12-9-16)14-18(21)20-10-5-13-22-17-6-3-2-4-7-17;/h2-4,6-7,15-16,19H,5,8-14H2,1H3,(H,20,21);1H. The zero-order valence-electron chi connectivity index (χ0n) is 13.9. The zero-order chi connectivity index (χ0) is 15.6. The fourth-order valence-corrected chi connectivity index (χ4v) is 2.95. The fraction of sp³-hybridized carbons (Fsp3) is 0.611. The number of hydrogen-bond donors (Lipinski definition) is 2. The molecule has 0 aliphatic carbocycles. The molecule has 1 aromatic carbocycles. The number of nitrogens with one attached hydrogen (secondary N) is 2. The third-order valence-corrected chi connectivity index (χ3v) is 4.35. The number of carbonyl (C=O) groups is 1. The van der Waals surface area contributed by atoms with Crippen LogP contribution in [0.3, 0.4) is 0 Å². The minimum Gasteiger partial charge on any atom is -0.494 e. The Hall–Kier alpha value is -1.26. The van der Waals surface area contributed by atoms with Crippen molar-refractivity contribution in [3.8, 4) is 5.75 Å². The first kappa shape index (κ1) is 19.8. The van der Waals surface area contributed by atoms with Crippen molar-refractivity contribution in [3.05, 3.63) is 30.3 Å². The van der Waals surface area contributed by atoms with Gasteiger partial charge < -0.3 is 15.4 Å². The Morgan fingerprint density at radius 2 is 2.00 bits per heavy atom. The van der Waals surface area contributed by atoms with Gasteiger partial charge in [-0.1, -0.05) is 25.1 Å². The molecular formula is C18H29ClN2O2. The molecule has 0 radical (unpaired) electrons. The quantitative estimate of drug-likeness (QED) is 0.715. The second-order valence-electron chi connectivity index (χ2n) is 6.13. The molecule has 1 fully saturated rings. The van der Waals surface area contributed by atoms with Gasteiger partial charge in [-0.15, -0.1) is 12.4 Å². The van der Waals surface area contributed by atoms with Crippen molar-refractivity contribution in [2.24, 2.45) is 11.8 Å². The third kappa shape index (κ3) is 7.71. The highest BCUT2D eigenvalue weighted by molar-refractivity contribution is 5.85. The summed E-state index contributed by atoms with van der Waals surface area (Å²) in [6, 6.07) is 9.77. The van der Waals surface area contributed by atoms with Gasteiger partial charge in [0.05, 0.1) is 6.61 Å². The molecule has 1 amide bonds. The molecular weight excluding hydrogens is 312 g/mol. The molecule has 1 unspecified atom stereocenters. The summed E-state index contributed by atoms with van der Waals surface area (Å²) in [6.45, 7) is 5.70. The number of ether oxygens (including phenoxy) is 1. The summed E-state index contributed by atoms with van der Waals surface area (Å²) < 4.78 is 5.61. The van der Waals surface area contributed by atoms with Gasteiger partial charge in [0.25, 0.3) is 0 Å². The summed E-state index contributed by atoms with van der Waals surface area (Å²) in [5, 5.41) is 6.37. The molecule has 1 aromatic rings. The third-order valence-electron chi connectivity index (χ3n) is 4.35. The summed E-state index contributed by atoms with van der Waals surface area (Å²) in [5.74, 6) is 2.22. The minimum atomic E-state index is 0. The van der Waals surface area contributed by atoms with Gasteiger partial charge in [0.1, 0.15) is 5.75 Å². The number of carbonyl (C=O) groups excluding carboxylic acids is 1. The lowest BCUT2D eigenvalue weighted by atomic mass is 9.84. The van der Waals surface area contributed by atoms with Crippen molar-refractivity contribution < 1.29 is 9.53 Å². The Morgan fingerprint density at radius 3 is 2.70 bits per heavy atom. The van der Waals surface area contributed by atoms with Crippen LogP contribution in [0.1, 0.15) is 32.6 Å². The summed E-state index contributed by atoms with van der Waals surface area (Å²) in [7, 11) is 0. The molecule has 0 bridgehead atoms. The van der Waals surface area contributed by atoms with Crippen molar-refractivity contribution in [3.63, 3.8) is 0 Å². The normalized spacial score (nSPS) is 16.2. The number of hydrogen-bond acceptors (Lipinski definition) is 3. The van der Waals surface area contributed by atoms with Gasteiger partial charge in [-0.25, -0.2) is 0 Å². The molecule has 4 nitrogen and oxygen atoms in total. The van der Waals surface area contributed by atoms with E-state index in [2.05, 4.69) is 17.6 Å². The van der Waals surface area contributed by atoms with Crippen LogP contribution in [0, 0.1) is 11.8 Å². The van der Waals surface area contributed by atoms with E-state index < -0.39 is 0 Å². The molecule has 0 spiro atoms. The predicted molar refractivity (Wildman–Crippen MR) is 96.2 cm³/mol. The van der Waals surface area contributed by atoms with E-state index in [0.29, 0.717) is 31.4 Å². The Bertz CT molecular complexity index is 436. The molecule has 1 aliphatic rings. The van der Waals surface area contributed by atoms with Crippen molar-refractivity contribution in [2.75, 3.05) is 26.2 Å². The summed E-state index contributed by atoms with van der Waals surface area (Å²) in [6.07, 6.45) is 3.87. The molecule has 23 heavy (non-hydrogen) atoms. The number of amides is 1. The monoisotopic (exact) mass is 340 g/mol. The Kier molecular flexibility index (Phi) is 9.72. The highest BCUT2D eigenvalue weighted by atomic mass is 35.5. The molecule has 1 heterocycles. The van der Waals surface area contributed by atoms with E-state index in [9.17, 15) is 4.79 Å². The number of benzene rings is 1. The van der Waals surface area contributed by atoms with Gasteiger partial charge >= 0.3 is 0 Å². The lowest BCUT2D eigenvalue weighted by molar-refractivity contribution is -0.122. The number of halogens is 1. The van der Waals surface area contributed by atoms with Crippen LogP contribution in [0.5, 0.6) is 5.75 Å². The van der Waals surface area contributed by atoms with Crippen LogP contribution in [-0.2, 0) is 4.79 Å². The molecule has 2 rings (SSSR count). The van der Waals surface area contributed by atoms with E-state index >= 15 is 0 Å².